The Morgan fingerprint density at radius 2 is 1.89 bits per heavy atom. The van der Waals surface area contributed by atoms with Crippen molar-refractivity contribution in [3.8, 4) is 0 Å². The summed E-state index contributed by atoms with van der Waals surface area (Å²) in [5, 5.41) is 2.90. The fourth-order valence-corrected chi connectivity index (χ4v) is 1.67. The number of aryl methyl sites for hydroxylation is 1. The molecule has 0 fully saturated rings. The number of nitrogens with two attached hydrogens (primary N) is 1. The van der Waals surface area contributed by atoms with Gasteiger partial charge < -0.3 is 16.0 Å². The lowest BCUT2D eigenvalue weighted by Crippen LogP contribution is -2.45. The Morgan fingerprint density at radius 3 is 2.32 bits per heavy atom. The van der Waals surface area contributed by atoms with Gasteiger partial charge in [-0.1, -0.05) is 20.8 Å². The molecule has 0 aromatic heterocycles. The fraction of sp³-hybridized carbons (Fsp3) is 0.533. The van der Waals surface area contributed by atoms with Gasteiger partial charge in [-0.2, -0.15) is 0 Å². The Labute approximate surface area is 116 Å². The quantitative estimate of drug-likeness (QED) is 0.880. The molecule has 1 atom stereocenters. The molecule has 0 heterocycles. The lowest BCUT2D eigenvalue weighted by molar-refractivity contribution is -0.119. The minimum Gasteiger partial charge on any atom is -0.378 e. The summed E-state index contributed by atoms with van der Waals surface area (Å²) in [6, 6.07) is 5.40. The van der Waals surface area contributed by atoms with Gasteiger partial charge >= 0.3 is 0 Å². The Balaban J connectivity index is 2.86. The van der Waals surface area contributed by atoms with Crippen molar-refractivity contribution in [2.75, 3.05) is 24.3 Å². The number of carbonyl (C=O) groups is 1. The minimum atomic E-state index is -0.527. The number of nitrogens with zero attached hydrogens (tertiary/aromatic N) is 1. The number of rotatable bonds is 3. The molecular weight excluding hydrogens is 238 g/mol. The van der Waals surface area contributed by atoms with Crippen molar-refractivity contribution in [2.24, 2.45) is 11.1 Å². The monoisotopic (exact) mass is 263 g/mol. The predicted molar refractivity (Wildman–Crippen MR) is 81.6 cm³/mol. The Kier molecular flexibility index (Phi) is 4.58. The first-order valence-corrected chi connectivity index (χ1v) is 6.47. The molecule has 19 heavy (non-hydrogen) atoms. The molecule has 0 saturated heterocycles. The highest BCUT2D eigenvalue weighted by Gasteiger charge is 2.27. The molecule has 0 saturated carbocycles. The van der Waals surface area contributed by atoms with Crippen LogP contribution in [0.1, 0.15) is 26.3 Å². The molecule has 0 aliphatic carbocycles. The first-order valence-electron chi connectivity index (χ1n) is 6.47. The molecule has 4 heteroatoms. The number of benzene rings is 1. The number of carbonyl (C=O) groups excluding carboxylic acids is 1. The fourth-order valence-electron chi connectivity index (χ4n) is 1.67. The van der Waals surface area contributed by atoms with E-state index in [0.717, 1.165) is 16.9 Å². The number of nitrogens with one attached hydrogen (secondary N) is 1. The molecule has 1 unspecified atom stereocenters. The van der Waals surface area contributed by atoms with Crippen molar-refractivity contribution in [3.63, 3.8) is 0 Å². The average molecular weight is 263 g/mol. The van der Waals surface area contributed by atoms with Crippen LogP contribution in [0.4, 0.5) is 11.4 Å². The summed E-state index contributed by atoms with van der Waals surface area (Å²) in [6.07, 6.45) is 0. The largest absolute Gasteiger partial charge is 0.378 e. The van der Waals surface area contributed by atoms with Gasteiger partial charge in [0, 0.05) is 25.5 Å². The van der Waals surface area contributed by atoms with Gasteiger partial charge in [-0.05, 0) is 36.1 Å². The summed E-state index contributed by atoms with van der Waals surface area (Å²) in [5.41, 5.74) is 8.65. The lowest BCUT2D eigenvalue weighted by Gasteiger charge is -2.26. The van der Waals surface area contributed by atoms with E-state index in [9.17, 15) is 4.79 Å². The van der Waals surface area contributed by atoms with E-state index in [-0.39, 0.29) is 11.3 Å². The molecule has 1 amide bonds. The lowest BCUT2D eigenvalue weighted by atomic mass is 9.87. The van der Waals surface area contributed by atoms with E-state index in [2.05, 4.69) is 5.32 Å². The maximum absolute atomic E-state index is 12.1. The second kappa shape index (κ2) is 5.61. The van der Waals surface area contributed by atoms with Gasteiger partial charge in [-0.15, -0.1) is 0 Å². The summed E-state index contributed by atoms with van der Waals surface area (Å²) < 4.78 is 0. The van der Waals surface area contributed by atoms with Crippen LogP contribution in [-0.4, -0.2) is 26.0 Å². The minimum absolute atomic E-state index is 0.145. The Morgan fingerprint density at radius 1 is 1.32 bits per heavy atom. The predicted octanol–water partition coefficient (Wildman–Crippen LogP) is 2.37. The maximum atomic E-state index is 12.1. The molecule has 1 rings (SSSR count). The zero-order valence-electron chi connectivity index (χ0n) is 12.7. The van der Waals surface area contributed by atoms with E-state index in [4.69, 9.17) is 5.73 Å². The van der Waals surface area contributed by atoms with Crippen LogP contribution in [0, 0.1) is 12.3 Å². The van der Waals surface area contributed by atoms with Crippen molar-refractivity contribution in [2.45, 2.75) is 33.7 Å². The zero-order valence-corrected chi connectivity index (χ0v) is 12.7. The second-order valence-corrected chi connectivity index (χ2v) is 6.23. The van der Waals surface area contributed by atoms with Crippen molar-refractivity contribution in [1.82, 2.24) is 0 Å². The maximum Gasteiger partial charge on any atom is 0.241 e. The molecule has 106 valence electrons. The molecule has 0 aliphatic heterocycles. The molecule has 0 bridgehead atoms. The smallest absolute Gasteiger partial charge is 0.241 e. The van der Waals surface area contributed by atoms with Gasteiger partial charge in [0.1, 0.15) is 0 Å². The van der Waals surface area contributed by atoms with E-state index in [1.165, 1.54) is 0 Å². The molecule has 0 radical (unpaired) electrons. The van der Waals surface area contributed by atoms with E-state index >= 15 is 0 Å². The van der Waals surface area contributed by atoms with Crippen LogP contribution >= 0.6 is 0 Å². The van der Waals surface area contributed by atoms with Crippen molar-refractivity contribution < 1.29 is 4.79 Å². The van der Waals surface area contributed by atoms with Crippen LogP contribution in [0.5, 0.6) is 0 Å². The highest BCUT2D eigenvalue weighted by molar-refractivity contribution is 5.96. The van der Waals surface area contributed by atoms with E-state index in [0.29, 0.717) is 0 Å². The topological polar surface area (TPSA) is 58.4 Å². The molecule has 1 aromatic rings. The van der Waals surface area contributed by atoms with E-state index < -0.39 is 6.04 Å². The summed E-state index contributed by atoms with van der Waals surface area (Å²) in [7, 11) is 3.98. The number of amides is 1. The van der Waals surface area contributed by atoms with Crippen LogP contribution < -0.4 is 16.0 Å². The molecule has 4 nitrogen and oxygen atoms in total. The van der Waals surface area contributed by atoms with Crippen LogP contribution in [0.15, 0.2) is 18.2 Å². The first-order chi connectivity index (χ1) is 8.62. The van der Waals surface area contributed by atoms with Crippen LogP contribution in [-0.2, 0) is 4.79 Å². The number of anilines is 2. The summed E-state index contributed by atoms with van der Waals surface area (Å²) >= 11 is 0. The molecular formula is C15H25N3O. The van der Waals surface area contributed by atoms with Crippen LogP contribution in [0.2, 0.25) is 0 Å². The van der Waals surface area contributed by atoms with Crippen LogP contribution in [0.25, 0.3) is 0 Å². The molecule has 3 N–H and O–H groups in total. The van der Waals surface area contributed by atoms with Crippen molar-refractivity contribution in [1.29, 1.82) is 0 Å². The van der Waals surface area contributed by atoms with Gasteiger partial charge in [-0.3, -0.25) is 4.79 Å². The number of hydrogen-bond donors (Lipinski definition) is 2. The van der Waals surface area contributed by atoms with Gasteiger partial charge in [0.2, 0.25) is 5.91 Å². The van der Waals surface area contributed by atoms with Gasteiger partial charge in [0.25, 0.3) is 0 Å². The standard InChI is InChI=1S/C15H25N3O/c1-10-9-11(18(5)6)7-8-12(10)17-14(19)13(16)15(2,3)4/h7-9,13H,16H2,1-6H3,(H,17,19). The third-order valence-electron chi connectivity index (χ3n) is 3.20. The Hall–Kier alpha value is -1.55. The number of hydrogen-bond acceptors (Lipinski definition) is 3. The summed E-state index contributed by atoms with van der Waals surface area (Å²) in [6.45, 7) is 7.85. The van der Waals surface area contributed by atoms with Gasteiger partial charge in [0.15, 0.2) is 0 Å². The first kappa shape index (κ1) is 15.5. The van der Waals surface area contributed by atoms with Crippen molar-refractivity contribution >= 4 is 17.3 Å². The highest BCUT2D eigenvalue weighted by atomic mass is 16.2. The zero-order chi connectivity index (χ0) is 14.8. The SMILES string of the molecule is Cc1cc(N(C)C)ccc1NC(=O)C(N)C(C)(C)C. The summed E-state index contributed by atoms with van der Waals surface area (Å²) in [4.78, 5) is 14.1. The van der Waals surface area contributed by atoms with Gasteiger partial charge in [0.05, 0.1) is 6.04 Å². The van der Waals surface area contributed by atoms with Crippen molar-refractivity contribution in [3.05, 3.63) is 23.8 Å². The average Bonchev–Trinajstić information content (AvgIpc) is 2.29. The summed E-state index contributed by atoms with van der Waals surface area (Å²) in [5.74, 6) is -0.145. The van der Waals surface area contributed by atoms with E-state index in [1.807, 2.05) is 64.9 Å². The second-order valence-electron chi connectivity index (χ2n) is 6.23. The molecule has 1 aromatic carbocycles. The third-order valence-corrected chi connectivity index (χ3v) is 3.20. The highest BCUT2D eigenvalue weighted by Crippen LogP contribution is 2.23. The Bertz CT molecular complexity index is 461. The van der Waals surface area contributed by atoms with Crippen LogP contribution in [0.3, 0.4) is 0 Å². The molecule has 0 spiro atoms. The third kappa shape index (κ3) is 3.96. The van der Waals surface area contributed by atoms with E-state index in [1.54, 1.807) is 0 Å². The van der Waals surface area contributed by atoms with Gasteiger partial charge in [-0.25, -0.2) is 0 Å². The molecule has 0 aliphatic rings. The normalized spacial score (nSPS) is 13.0.